The molecule has 96 valence electrons. The highest BCUT2D eigenvalue weighted by Gasteiger charge is 2.29. The Morgan fingerprint density at radius 2 is 2.11 bits per heavy atom. The van der Waals surface area contributed by atoms with Crippen molar-refractivity contribution < 1.29 is 9.47 Å². The van der Waals surface area contributed by atoms with Crippen molar-refractivity contribution in [3.63, 3.8) is 0 Å². The first-order chi connectivity index (χ1) is 8.86. The van der Waals surface area contributed by atoms with Gasteiger partial charge < -0.3 is 15.2 Å². The number of fused-ring (bicyclic) bond motifs is 1. The van der Waals surface area contributed by atoms with Crippen LogP contribution in [-0.4, -0.2) is 19.3 Å². The monoisotopic (exact) mass is 245 g/mol. The van der Waals surface area contributed by atoms with Crippen LogP contribution >= 0.6 is 0 Å². The van der Waals surface area contributed by atoms with E-state index in [1.54, 1.807) is 0 Å². The van der Waals surface area contributed by atoms with Gasteiger partial charge in [0.2, 0.25) is 0 Å². The maximum Gasteiger partial charge on any atom is 0.122 e. The van der Waals surface area contributed by atoms with Gasteiger partial charge in [-0.15, -0.1) is 0 Å². The molecule has 1 aromatic carbocycles. The van der Waals surface area contributed by atoms with Gasteiger partial charge in [0, 0.05) is 12.0 Å². The summed E-state index contributed by atoms with van der Waals surface area (Å²) in [5.74, 6) is 1.34. The number of hydrogen-bond donors (Lipinski definition) is 1. The van der Waals surface area contributed by atoms with E-state index in [2.05, 4.69) is 12.1 Å². The molecule has 3 rings (SSSR count). The van der Waals surface area contributed by atoms with Crippen LogP contribution < -0.4 is 10.5 Å². The van der Waals surface area contributed by atoms with E-state index in [1.165, 1.54) is 11.1 Å². The zero-order chi connectivity index (χ0) is 12.4. The van der Waals surface area contributed by atoms with Gasteiger partial charge in [-0.1, -0.05) is 18.2 Å². The normalized spacial score (nSPS) is 24.3. The molecule has 2 atom stereocenters. The summed E-state index contributed by atoms with van der Waals surface area (Å²) in [6.07, 6.45) is 4.98. The molecule has 0 fully saturated rings. The Hall–Kier alpha value is -1.48. The van der Waals surface area contributed by atoms with Crippen molar-refractivity contribution in [2.45, 2.75) is 31.2 Å². The van der Waals surface area contributed by atoms with Gasteiger partial charge in [-0.3, -0.25) is 0 Å². The summed E-state index contributed by atoms with van der Waals surface area (Å²) < 4.78 is 11.1. The van der Waals surface area contributed by atoms with E-state index in [-0.39, 0.29) is 6.04 Å². The molecule has 2 aliphatic heterocycles. The van der Waals surface area contributed by atoms with Crippen molar-refractivity contribution in [2.24, 2.45) is 5.73 Å². The third-order valence-corrected chi connectivity index (χ3v) is 3.83. The molecule has 0 aromatic heterocycles. The Bertz CT molecular complexity index is 456. The summed E-state index contributed by atoms with van der Waals surface area (Å²) in [5.41, 5.74) is 8.91. The first-order valence-electron chi connectivity index (χ1n) is 6.64. The number of para-hydroxylation sites is 1. The molecule has 2 N–H and O–H groups in total. The van der Waals surface area contributed by atoms with E-state index in [9.17, 15) is 0 Å². The molecule has 0 amide bonds. The average Bonchev–Trinajstić information content (AvgIpc) is 2.47. The molecule has 0 bridgehead atoms. The highest BCUT2D eigenvalue weighted by molar-refractivity contribution is 5.40. The minimum Gasteiger partial charge on any atom is -0.501 e. The smallest absolute Gasteiger partial charge is 0.122 e. The SMILES string of the molecule is NC(C1=COCCC1)C1CCOc2ccccc21. The Morgan fingerprint density at radius 1 is 1.22 bits per heavy atom. The van der Waals surface area contributed by atoms with Crippen LogP contribution in [0.15, 0.2) is 36.1 Å². The largest absolute Gasteiger partial charge is 0.501 e. The second kappa shape index (κ2) is 5.02. The molecule has 0 radical (unpaired) electrons. The quantitative estimate of drug-likeness (QED) is 0.871. The summed E-state index contributed by atoms with van der Waals surface area (Å²) in [7, 11) is 0. The molecule has 0 saturated heterocycles. The lowest BCUT2D eigenvalue weighted by Gasteiger charge is -2.32. The van der Waals surface area contributed by atoms with Gasteiger partial charge in [-0.05, 0) is 36.5 Å². The van der Waals surface area contributed by atoms with Gasteiger partial charge in [-0.25, -0.2) is 0 Å². The lowest BCUT2D eigenvalue weighted by atomic mass is 9.82. The molecule has 2 heterocycles. The minimum absolute atomic E-state index is 0.0512. The van der Waals surface area contributed by atoms with Crippen molar-refractivity contribution in [3.05, 3.63) is 41.7 Å². The third kappa shape index (κ3) is 2.10. The number of hydrogen-bond acceptors (Lipinski definition) is 3. The van der Waals surface area contributed by atoms with Gasteiger partial charge in [0.1, 0.15) is 5.75 Å². The van der Waals surface area contributed by atoms with Crippen LogP contribution in [0.1, 0.15) is 30.7 Å². The van der Waals surface area contributed by atoms with E-state index in [4.69, 9.17) is 15.2 Å². The summed E-state index contributed by atoms with van der Waals surface area (Å²) in [4.78, 5) is 0. The molecule has 0 spiro atoms. The fraction of sp³-hybridized carbons (Fsp3) is 0.467. The van der Waals surface area contributed by atoms with Gasteiger partial charge >= 0.3 is 0 Å². The van der Waals surface area contributed by atoms with Gasteiger partial charge in [0.05, 0.1) is 19.5 Å². The zero-order valence-corrected chi connectivity index (χ0v) is 10.5. The number of ether oxygens (including phenoxy) is 2. The Balaban J connectivity index is 1.86. The van der Waals surface area contributed by atoms with Crippen LogP contribution in [0.4, 0.5) is 0 Å². The van der Waals surface area contributed by atoms with Crippen molar-refractivity contribution in [3.8, 4) is 5.75 Å². The molecule has 2 unspecified atom stereocenters. The first kappa shape index (κ1) is 11.6. The Morgan fingerprint density at radius 3 is 2.94 bits per heavy atom. The van der Waals surface area contributed by atoms with Crippen LogP contribution in [0, 0.1) is 0 Å². The van der Waals surface area contributed by atoms with Crippen LogP contribution in [0.3, 0.4) is 0 Å². The standard InChI is InChI=1S/C15H19NO2/c16-15(11-4-3-8-17-10-11)13-7-9-18-14-6-2-1-5-12(13)14/h1-2,5-6,10,13,15H,3-4,7-9,16H2. The maximum atomic E-state index is 6.43. The van der Waals surface area contributed by atoms with Crippen molar-refractivity contribution >= 4 is 0 Å². The van der Waals surface area contributed by atoms with E-state index in [0.717, 1.165) is 38.2 Å². The summed E-state index contributed by atoms with van der Waals surface area (Å²) in [5, 5.41) is 0. The van der Waals surface area contributed by atoms with E-state index in [0.29, 0.717) is 5.92 Å². The number of nitrogens with two attached hydrogens (primary N) is 1. The molecule has 3 heteroatoms. The summed E-state index contributed by atoms with van der Waals surface area (Å²) >= 11 is 0. The molecular formula is C15H19NO2. The summed E-state index contributed by atoms with van der Waals surface area (Å²) in [6, 6.07) is 8.27. The van der Waals surface area contributed by atoms with Crippen LogP contribution in [0.25, 0.3) is 0 Å². The third-order valence-electron chi connectivity index (χ3n) is 3.83. The Kier molecular flexibility index (Phi) is 3.24. The second-order valence-corrected chi connectivity index (χ2v) is 4.97. The van der Waals surface area contributed by atoms with Crippen LogP contribution in [-0.2, 0) is 4.74 Å². The highest BCUT2D eigenvalue weighted by Crippen LogP contribution is 2.37. The highest BCUT2D eigenvalue weighted by atomic mass is 16.5. The minimum atomic E-state index is 0.0512. The molecular weight excluding hydrogens is 226 g/mol. The number of benzene rings is 1. The maximum absolute atomic E-state index is 6.43. The first-order valence-corrected chi connectivity index (χ1v) is 6.64. The van der Waals surface area contributed by atoms with Crippen molar-refractivity contribution in [1.82, 2.24) is 0 Å². The summed E-state index contributed by atoms with van der Waals surface area (Å²) in [6.45, 7) is 1.57. The topological polar surface area (TPSA) is 44.5 Å². The molecule has 2 aliphatic rings. The van der Waals surface area contributed by atoms with Crippen molar-refractivity contribution in [2.75, 3.05) is 13.2 Å². The number of rotatable bonds is 2. The average molecular weight is 245 g/mol. The van der Waals surface area contributed by atoms with Crippen LogP contribution in [0.5, 0.6) is 5.75 Å². The second-order valence-electron chi connectivity index (χ2n) is 4.97. The molecule has 0 saturated carbocycles. The lowest BCUT2D eigenvalue weighted by Crippen LogP contribution is -2.34. The molecule has 3 nitrogen and oxygen atoms in total. The van der Waals surface area contributed by atoms with E-state index < -0.39 is 0 Å². The van der Waals surface area contributed by atoms with E-state index in [1.807, 2.05) is 18.4 Å². The van der Waals surface area contributed by atoms with Crippen molar-refractivity contribution in [1.29, 1.82) is 0 Å². The fourth-order valence-corrected chi connectivity index (χ4v) is 2.83. The zero-order valence-electron chi connectivity index (χ0n) is 10.5. The molecule has 18 heavy (non-hydrogen) atoms. The van der Waals surface area contributed by atoms with Crippen LogP contribution in [0.2, 0.25) is 0 Å². The predicted octanol–water partition coefficient (Wildman–Crippen LogP) is 2.57. The molecule has 1 aromatic rings. The predicted molar refractivity (Wildman–Crippen MR) is 70.5 cm³/mol. The fourth-order valence-electron chi connectivity index (χ4n) is 2.83. The van der Waals surface area contributed by atoms with Gasteiger partial charge in [0.25, 0.3) is 0 Å². The van der Waals surface area contributed by atoms with E-state index >= 15 is 0 Å². The van der Waals surface area contributed by atoms with Gasteiger partial charge in [-0.2, -0.15) is 0 Å². The lowest BCUT2D eigenvalue weighted by molar-refractivity contribution is 0.214. The molecule has 0 aliphatic carbocycles. The Labute approximate surface area is 108 Å². The van der Waals surface area contributed by atoms with Gasteiger partial charge in [0.15, 0.2) is 0 Å².